The number of ether oxygens (including phenoxy) is 2. The number of rotatable bonds is 8. The number of nitriles is 1. The molecule has 0 spiro atoms. The molecule has 3 aromatic carbocycles. The highest BCUT2D eigenvalue weighted by Crippen LogP contribution is 2.36. The second kappa shape index (κ2) is 10.2. The largest absolute Gasteiger partial charge is 0.495 e. The minimum Gasteiger partial charge on any atom is -0.495 e. The van der Waals surface area contributed by atoms with Gasteiger partial charge >= 0.3 is 5.97 Å². The first-order valence-electron chi connectivity index (χ1n) is 9.41. The summed E-state index contributed by atoms with van der Waals surface area (Å²) in [5, 5.41) is 8.56. The van der Waals surface area contributed by atoms with Crippen LogP contribution in [0.3, 0.4) is 0 Å². The molecule has 0 aliphatic carbocycles. The van der Waals surface area contributed by atoms with Crippen molar-refractivity contribution in [2.45, 2.75) is 11.4 Å². The Balaban J connectivity index is 2.13. The van der Waals surface area contributed by atoms with Gasteiger partial charge in [-0.15, -0.1) is 0 Å². The standard InChI is InChI=1S/C23H19ClN2O5S/c1-30-21-10-6-5-9-20(21)26(16-17-7-3-2-4-8-17)32(28,29)22-15-18(11-12-19(22)24)23(27)31-14-13-25/h2-12,15H,14,16H2,1H3. The van der Waals surface area contributed by atoms with Gasteiger partial charge in [-0.25, -0.2) is 13.2 Å². The van der Waals surface area contributed by atoms with Crippen molar-refractivity contribution in [1.82, 2.24) is 0 Å². The molecule has 0 fully saturated rings. The van der Waals surface area contributed by atoms with Crippen molar-refractivity contribution in [1.29, 1.82) is 5.26 Å². The lowest BCUT2D eigenvalue weighted by atomic mass is 10.2. The van der Waals surface area contributed by atoms with Crippen LogP contribution in [0.5, 0.6) is 5.75 Å². The zero-order chi connectivity index (χ0) is 23.1. The highest BCUT2D eigenvalue weighted by Gasteiger charge is 2.30. The first-order chi connectivity index (χ1) is 15.4. The minimum absolute atomic E-state index is 0.00296. The number of esters is 1. The molecule has 0 saturated heterocycles. The van der Waals surface area contributed by atoms with E-state index < -0.39 is 22.6 Å². The van der Waals surface area contributed by atoms with E-state index in [4.69, 9.17) is 26.3 Å². The third-order valence-electron chi connectivity index (χ3n) is 4.53. The van der Waals surface area contributed by atoms with Crippen molar-refractivity contribution >= 4 is 33.3 Å². The summed E-state index contributed by atoms with van der Waals surface area (Å²) in [4.78, 5) is 11.9. The van der Waals surface area contributed by atoms with Crippen molar-refractivity contribution in [2.75, 3.05) is 18.0 Å². The number of carbonyl (C=O) groups excluding carboxylic acids is 1. The van der Waals surface area contributed by atoms with Crippen LogP contribution in [-0.4, -0.2) is 28.1 Å². The van der Waals surface area contributed by atoms with Crippen molar-refractivity contribution in [3.8, 4) is 11.8 Å². The van der Waals surface area contributed by atoms with Crippen LogP contribution in [0.25, 0.3) is 0 Å². The van der Waals surface area contributed by atoms with E-state index in [1.54, 1.807) is 54.6 Å². The Labute approximate surface area is 191 Å². The summed E-state index contributed by atoms with van der Waals surface area (Å²) in [6.45, 7) is -0.451. The number of carbonyl (C=O) groups is 1. The second-order valence-electron chi connectivity index (χ2n) is 6.55. The predicted octanol–water partition coefficient (Wildman–Crippen LogP) is 4.42. The highest BCUT2D eigenvalue weighted by molar-refractivity contribution is 7.93. The van der Waals surface area contributed by atoms with Crippen molar-refractivity contribution in [2.24, 2.45) is 0 Å². The lowest BCUT2D eigenvalue weighted by Crippen LogP contribution is -2.31. The normalized spacial score (nSPS) is 10.8. The van der Waals surface area contributed by atoms with E-state index in [9.17, 15) is 13.2 Å². The first-order valence-corrected chi connectivity index (χ1v) is 11.2. The highest BCUT2D eigenvalue weighted by atomic mass is 35.5. The van der Waals surface area contributed by atoms with Gasteiger partial charge in [0, 0.05) is 0 Å². The number of hydrogen-bond acceptors (Lipinski definition) is 6. The molecule has 32 heavy (non-hydrogen) atoms. The summed E-state index contributed by atoms with van der Waals surface area (Å²) in [7, 11) is -2.79. The smallest absolute Gasteiger partial charge is 0.339 e. The predicted molar refractivity (Wildman–Crippen MR) is 120 cm³/mol. The topological polar surface area (TPSA) is 96.7 Å². The van der Waals surface area contributed by atoms with Crippen LogP contribution in [0.15, 0.2) is 77.7 Å². The number of anilines is 1. The molecule has 0 bridgehead atoms. The van der Waals surface area contributed by atoms with Gasteiger partial charge < -0.3 is 9.47 Å². The molecule has 0 aromatic heterocycles. The molecule has 164 valence electrons. The number of para-hydroxylation sites is 2. The van der Waals surface area contributed by atoms with Gasteiger partial charge in [0.05, 0.1) is 29.9 Å². The van der Waals surface area contributed by atoms with Gasteiger partial charge in [0.2, 0.25) is 0 Å². The minimum atomic E-state index is -4.24. The molecule has 0 amide bonds. The van der Waals surface area contributed by atoms with Crippen molar-refractivity contribution in [3.63, 3.8) is 0 Å². The molecule has 0 unspecified atom stereocenters. The number of sulfonamides is 1. The fourth-order valence-electron chi connectivity index (χ4n) is 3.01. The van der Waals surface area contributed by atoms with E-state index in [2.05, 4.69) is 0 Å². The lowest BCUT2D eigenvalue weighted by molar-refractivity contribution is 0.0554. The van der Waals surface area contributed by atoms with Gasteiger partial charge in [0.15, 0.2) is 6.61 Å². The van der Waals surface area contributed by atoms with E-state index in [-0.39, 0.29) is 22.0 Å². The van der Waals surface area contributed by atoms with Crippen LogP contribution in [0.4, 0.5) is 5.69 Å². The van der Waals surface area contributed by atoms with Crippen LogP contribution in [0.2, 0.25) is 5.02 Å². The fraction of sp³-hybridized carbons (Fsp3) is 0.130. The molecule has 9 heteroatoms. The van der Waals surface area contributed by atoms with E-state index >= 15 is 0 Å². The Hall–Kier alpha value is -3.54. The molecular formula is C23H19ClN2O5S. The number of methoxy groups -OCH3 is 1. The van der Waals surface area contributed by atoms with Crippen LogP contribution in [-0.2, 0) is 21.3 Å². The molecule has 0 atom stereocenters. The second-order valence-corrected chi connectivity index (χ2v) is 8.79. The molecule has 3 rings (SSSR count). The van der Waals surface area contributed by atoms with E-state index in [1.165, 1.54) is 23.5 Å². The van der Waals surface area contributed by atoms with Crippen molar-refractivity contribution in [3.05, 3.63) is 88.9 Å². The summed E-state index contributed by atoms with van der Waals surface area (Å²) < 4.78 is 38.9. The Morgan fingerprint density at radius 2 is 1.75 bits per heavy atom. The fourth-order valence-corrected chi connectivity index (χ4v) is 4.98. The molecule has 0 N–H and O–H groups in total. The Morgan fingerprint density at radius 3 is 2.44 bits per heavy atom. The van der Waals surface area contributed by atoms with E-state index in [0.717, 1.165) is 11.6 Å². The average Bonchev–Trinajstić information content (AvgIpc) is 2.81. The maximum atomic E-state index is 13.8. The summed E-state index contributed by atoms with van der Waals surface area (Å²) in [5.41, 5.74) is 1.01. The third-order valence-corrected chi connectivity index (χ3v) is 6.77. The molecule has 0 saturated carbocycles. The first kappa shape index (κ1) is 23.1. The molecule has 0 aliphatic rings. The summed E-state index contributed by atoms with van der Waals surface area (Å²) in [5.74, 6) is -0.473. The molecule has 0 aliphatic heterocycles. The Morgan fingerprint density at radius 1 is 1.06 bits per heavy atom. The summed E-state index contributed by atoms with van der Waals surface area (Å²) in [6, 6.07) is 21.2. The van der Waals surface area contributed by atoms with Gasteiger partial charge in [-0.05, 0) is 35.9 Å². The number of halogens is 1. The third kappa shape index (κ3) is 5.02. The Bertz CT molecular complexity index is 1260. The molecular weight excluding hydrogens is 452 g/mol. The summed E-state index contributed by atoms with van der Waals surface area (Å²) in [6.07, 6.45) is 0. The average molecular weight is 471 g/mol. The molecule has 0 radical (unpaired) electrons. The van der Waals surface area contributed by atoms with Crippen LogP contribution in [0.1, 0.15) is 15.9 Å². The maximum Gasteiger partial charge on any atom is 0.339 e. The maximum absolute atomic E-state index is 13.8. The van der Waals surface area contributed by atoms with E-state index in [1.807, 2.05) is 6.07 Å². The van der Waals surface area contributed by atoms with Gasteiger partial charge in [-0.3, -0.25) is 4.31 Å². The van der Waals surface area contributed by atoms with Gasteiger partial charge in [0.1, 0.15) is 16.7 Å². The quantitative estimate of drug-likeness (QED) is 0.452. The number of nitrogens with zero attached hydrogens (tertiary/aromatic N) is 2. The summed E-state index contributed by atoms with van der Waals surface area (Å²) >= 11 is 6.26. The molecule has 7 nitrogen and oxygen atoms in total. The molecule has 0 heterocycles. The van der Waals surface area contributed by atoms with Crippen LogP contribution < -0.4 is 9.04 Å². The zero-order valence-electron chi connectivity index (χ0n) is 17.1. The zero-order valence-corrected chi connectivity index (χ0v) is 18.6. The van der Waals surface area contributed by atoms with Crippen molar-refractivity contribution < 1.29 is 22.7 Å². The SMILES string of the molecule is COc1ccccc1N(Cc1ccccc1)S(=O)(=O)c1cc(C(=O)OCC#N)ccc1Cl. The van der Waals surface area contributed by atoms with Gasteiger partial charge in [-0.2, -0.15) is 5.26 Å². The van der Waals surface area contributed by atoms with Crippen LogP contribution >= 0.6 is 11.6 Å². The van der Waals surface area contributed by atoms with Crippen LogP contribution in [0, 0.1) is 11.3 Å². The molecule has 3 aromatic rings. The number of hydrogen-bond donors (Lipinski definition) is 0. The Kier molecular flexibility index (Phi) is 7.36. The van der Waals surface area contributed by atoms with E-state index in [0.29, 0.717) is 11.4 Å². The monoisotopic (exact) mass is 470 g/mol. The lowest BCUT2D eigenvalue weighted by Gasteiger charge is -2.26. The number of benzene rings is 3. The van der Waals surface area contributed by atoms with Gasteiger partial charge in [-0.1, -0.05) is 54.1 Å². The van der Waals surface area contributed by atoms with Gasteiger partial charge in [0.25, 0.3) is 10.0 Å².